The lowest BCUT2D eigenvalue weighted by Crippen LogP contribution is -2.22. The molecular formula is C11H16FN3O2. The van der Waals surface area contributed by atoms with Crippen molar-refractivity contribution in [3.05, 3.63) is 17.8 Å². The maximum absolute atomic E-state index is 13.8. The van der Waals surface area contributed by atoms with Crippen LogP contribution in [0, 0.1) is 5.82 Å². The number of anilines is 1. The van der Waals surface area contributed by atoms with E-state index in [0.29, 0.717) is 25.1 Å². The van der Waals surface area contributed by atoms with Crippen LogP contribution in [-0.4, -0.2) is 34.6 Å². The van der Waals surface area contributed by atoms with Crippen LogP contribution in [0.2, 0.25) is 0 Å². The minimum Gasteiger partial charge on any atom is -0.481 e. The largest absolute Gasteiger partial charge is 0.481 e. The number of aliphatic carboxylic acids is 1. The second-order valence-electron chi connectivity index (χ2n) is 3.73. The number of aromatic nitrogens is 2. The van der Waals surface area contributed by atoms with Gasteiger partial charge in [0.25, 0.3) is 0 Å². The zero-order valence-electron chi connectivity index (χ0n) is 9.98. The molecular weight excluding hydrogens is 225 g/mol. The molecule has 0 aromatic carbocycles. The molecule has 0 fully saturated rings. The molecule has 5 nitrogen and oxygen atoms in total. The maximum Gasteiger partial charge on any atom is 0.303 e. The molecule has 6 heteroatoms. The Morgan fingerprint density at radius 1 is 1.53 bits per heavy atom. The van der Waals surface area contributed by atoms with E-state index in [9.17, 15) is 9.18 Å². The summed E-state index contributed by atoms with van der Waals surface area (Å²) in [4.78, 5) is 19.7. The van der Waals surface area contributed by atoms with Crippen molar-refractivity contribution in [1.29, 1.82) is 0 Å². The van der Waals surface area contributed by atoms with E-state index in [1.54, 1.807) is 11.9 Å². The summed E-state index contributed by atoms with van der Waals surface area (Å²) in [5.74, 6) is -1.05. The fraction of sp³-hybridized carbons (Fsp3) is 0.545. The number of carbonyl (C=O) groups is 1. The molecule has 0 unspecified atom stereocenters. The monoisotopic (exact) mass is 241 g/mol. The fourth-order valence-electron chi connectivity index (χ4n) is 1.48. The second-order valence-corrected chi connectivity index (χ2v) is 3.73. The maximum atomic E-state index is 13.8. The fourth-order valence-corrected chi connectivity index (χ4v) is 1.48. The molecule has 0 aliphatic rings. The quantitative estimate of drug-likeness (QED) is 0.817. The van der Waals surface area contributed by atoms with Crippen molar-refractivity contribution in [2.45, 2.75) is 26.2 Å². The van der Waals surface area contributed by atoms with E-state index in [1.807, 2.05) is 6.92 Å². The van der Waals surface area contributed by atoms with Crippen molar-refractivity contribution in [3.63, 3.8) is 0 Å². The van der Waals surface area contributed by atoms with Crippen molar-refractivity contribution in [2.75, 3.05) is 18.5 Å². The highest BCUT2D eigenvalue weighted by atomic mass is 19.1. The third-order valence-corrected chi connectivity index (χ3v) is 2.42. The Hall–Kier alpha value is -1.72. The van der Waals surface area contributed by atoms with Gasteiger partial charge >= 0.3 is 5.97 Å². The van der Waals surface area contributed by atoms with Crippen LogP contribution in [0.5, 0.6) is 0 Å². The molecule has 0 atom stereocenters. The number of aryl methyl sites for hydroxylation is 1. The van der Waals surface area contributed by atoms with Gasteiger partial charge in [0.2, 0.25) is 0 Å². The molecule has 17 heavy (non-hydrogen) atoms. The lowest BCUT2D eigenvalue weighted by molar-refractivity contribution is -0.137. The van der Waals surface area contributed by atoms with E-state index in [0.717, 1.165) is 0 Å². The minimum absolute atomic E-state index is 0.0671. The van der Waals surface area contributed by atoms with Gasteiger partial charge in [-0.05, 0) is 12.8 Å². The van der Waals surface area contributed by atoms with Crippen LogP contribution in [0.3, 0.4) is 0 Å². The number of hydrogen-bond donors (Lipinski definition) is 1. The summed E-state index contributed by atoms with van der Waals surface area (Å²) in [5.41, 5.74) is 0.375. The minimum atomic E-state index is -0.851. The van der Waals surface area contributed by atoms with E-state index in [-0.39, 0.29) is 12.2 Å². The van der Waals surface area contributed by atoms with Gasteiger partial charge in [0.1, 0.15) is 6.33 Å². The number of halogens is 1. The van der Waals surface area contributed by atoms with E-state index < -0.39 is 11.8 Å². The number of nitrogens with zero attached hydrogens (tertiary/aromatic N) is 3. The lowest BCUT2D eigenvalue weighted by Gasteiger charge is -2.18. The topological polar surface area (TPSA) is 66.3 Å². The summed E-state index contributed by atoms with van der Waals surface area (Å²) in [6.45, 7) is 2.27. The SMILES string of the molecule is CCc1ncnc(N(C)CCCC(=O)O)c1F. The van der Waals surface area contributed by atoms with Gasteiger partial charge in [-0.2, -0.15) is 0 Å². The summed E-state index contributed by atoms with van der Waals surface area (Å²) in [6, 6.07) is 0. The summed E-state index contributed by atoms with van der Waals surface area (Å²) < 4.78 is 13.8. The predicted molar refractivity (Wildman–Crippen MR) is 61.5 cm³/mol. The molecule has 0 saturated carbocycles. The molecule has 1 aromatic heterocycles. The van der Waals surface area contributed by atoms with Gasteiger partial charge in [0, 0.05) is 20.0 Å². The van der Waals surface area contributed by atoms with E-state index in [2.05, 4.69) is 9.97 Å². The first-order valence-electron chi connectivity index (χ1n) is 5.48. The Balaban J connectivity index is 2.68. The second kappa shape index (κ2) is 6.12. The zero-order valence-corrected chi connectivity index (χ0v) is 9.98. The predicted octanol–water partition coefficient (Wildman–Crippen LogP) is 1.48. The molecule has 1 rings (SSSR count). The van der Waals surface area contributed by atoms with Gasteiger partial charge in [-0.25, -0.2) is 14.4 Å². The number of carboxylic acids is 1. The van der Waals surface area contributed by atoms with Crippen molar-refractivity contribution in [2.24, 2.45) is 0 Å². The summed E-state index contributed by atoms with van der Waals surface area (Å²) in [6.07, 6.45) is 2.35. The first kappa shape index (κ1) is 13.3. The first-order valence-corrected chi connectivity index (χ1v) is 5.48. The smallest absolute Gasteiger partial charge is 0.303 e. The highest BCUT2D eigenvalue weighted by Gasteiger charge is 2.13. The van der Waals surface area contributed by atoms with Crippen LogP contribution >= 0.6 is 0 Å². The molecule has 1 heterocycles. The van der Waals surface area contributed by atoms with Crippen LogP contribution in [0.25, 0.3) is 0 Å². The molecule has 1 N–H and O–H groups in total. The van der Waals surface area contributed by atoms with Crippen LogP contribution in [0.15, 0.2) is 6.33 Å². The standard InChI is InChI=1S/C11H16FN3O2/c1-3-8-10(12)11(14-7-13-8)15(2)6-4-5-9(16)17/h7H,3-6H2,1-2H3,(H,16,17). The van der Waals surface area contributed by atoms with E-state index in [1.165, 1.54) is 6.33 Å². The molecule has 0 aliphatic heterocycles. The Bertz CT molecular complexity index is 398. The Kier molecular flexibility index (Phi) is 4.81. The van der Waals surface area contributed by atoms with Crippen molar-refractivity contribution in [3.8, 4) is 0 Å². The highest BCUT2D eigenvalue weighted by molar-refractivity contribution is 5.66. The van der Waals surface area contributed by atoms with Gasteiger partial charge in [-0.1, -0.05) is 6.92 Å². The number of hydrogen-bond acceptors (Lipinski definition) is 4. The van der Waals surface area contributed by atoms with Gasteiger partial charge < -0.3 is 10.0 Å². The van der Waals surface area contributed by atoms with Crippen LogP contribution in [0.4, 0.5) is 10.2 Å². The van der Waals surface area contributed by atoms with Crippen LogP contribution < -0.4 is 4.90 Å². The van der Waals surface area contributed by atoms with E-state index in [4.69, 9.17) is 5.11 Å². The van der Waals surface area contributed by atoms with Crippen LogP contribution in [0.1, 0.15) is 25.5 Å². The number of rotatable bonds is 6. The van der Waals surface area contributed by atoms with E-state index >= 15 is 0 Å². The molecule has 0 spiro atoms. The average Bonchev–Trinajstić information content (AvgIpc) is 2.28. The average molecular weight is 241 g/mol. The number of carboxylic acid groups (broad SMARTS) is 1. The highest BCUT2D eigenvalue weighted by Crippen LogP contribution is 2.17. The molecule has 0 amide bonds. The lowest BCUT2D eigenvalue weighted by atomic mass is 10.2. The van der Waals surface area contributed by atoms with Gasteiger partial charge in [-0.15, -0.1) is 0 Å². The molecule has 1 aromatic rings. The van der Waals surface area contributed by atoms with Gasteiger partial charge in [0.15, 0.2) is 11.6 Å². The van der Waals surface area contributed by atoms with Gasteiger partial charge in [-0.3, -0.25) is 4.79 Å². The summed E-state index contributed by atoms with van der Waals surface area (Å²) >= 11 is 0. The molecule has 0 bridgehead atoms. The third kappa shape index (κ3) is 3.65. The van der Waals surface area contributed by atoms with Crippen LogP contribution in [-0.2, 0) is 11.2 Å². The molecule has 94 valence electrons. The van der Waals surface area contributed by atoms with Crippen molar-refractivity contribution < 1.29 is 14.3 Å². The third-order valence-electron chi connectivity index (χ3n) is 2.42. The molecule has 0 radical (unpaired) electrons. The zero-order chi connectivity index (χ0) is 12.8. The molecule has 0 saturated heterocycles. The summed E-state index contributed by atoms with van der Waals surface area (Å²) in [5, 5.41) is 8.52. The Morgan fingerprint density at radius 3 is 2.82 bits per heavy atom. The Morgan fingerprint density at radius 2 is 2.24 bits per heavy atom. The normalized spacial score (nSPS) is 10.3. The van der Waals surface area contributed by atoms with Crippen molar-refractivity contribution in [1.82, 2.24) is 9.97 Å². The summed E-state index contributed by atoms with van der Waals surface area (Å²) in [7, 11) is 1.69. The van der Waals surface area contributed by atoms with Crippen molar-refractivity contribution >= 4 is 11.8 Å². The van der Waals surface area contributed by atoms with Gasteiger partial charge in [0.05, 0.1) is 5.69 Å². The Labute approximate surface area is 99.3 Å². The first-order chi connectivity index (χ1) is 8.06. The molecule has 0 aliphatic carbocycles.